The van der Waals surface area contributed by atoms with Crippen molar-refractivity contribution in [2.24, 2.45) is 11.1 Å². The molecule has 2 heterocycles. The molecule has 1 saturated heterocycles. The number of nitrogens with zero attached hydrogens (tertiary/aromatic N) is 2. The second-order valence-electron chi connectivity index (χ2n) is 5.30. The molecule has 1 aliphatic heterocycles. The van der Waals surface area contributed by atoms with Crippen LogP contribution in [0.2, 0.25) is 0 Å². The van der Waals surface area contributed by atoms with Crippen molar-refractivity contribution in [3.05, 3.63) is 18.0 Å². The van der Waals surface area contributed by atoms with Gasteiger partial charge in [0.05, 0.1) is 31.0 Å². The molecule has 1 aromatic heterocycles. The number of nitrogens with two attached hydrogens (primary N) is 1. The molecule has 17 heavy (non-hydrogen) atoms. The lowest BCUT2D eigenvalue weighted by molar-refractivity contribution is -0.135. The van der Waals surface area contributed by atoms with Crippen molar-refractivity contribution < 1.29 is 9.53 Å². The minimum atomic E-state index is -0.407. The smallest absolute Gasteiger partial charge is 0.251 e. The topological polar surface area (TPSA) is 70.1 Å². The first kappa shape index (κ1) is 10.8. The zero-order valence-corrected chi connectivity index (χ0v) is 9.76. The van der Waals surface area contributed by atoms with Crippen LogP contribution in [0.15, 0.2) is 12.4 Å². The highest BCUT2D eigenvalue weighted by atomic mass is 16.5. The van der Waals surface area contributed by atoms with E-state index in [9.17, 15) is 4.79 Å². The standard InChI is InChI=1S/C12H17N3O2/c13-11(16)9-5-14-15(6-9)10-1-3-12(4-2-10)7-17-8-12/h5-6,10H,1-4,7-8H2,(H2,13,16). The molecule has 0 bridgehead atoms. The second-order valence-corrected chi connectivity index (χ2v) is 5.30. The third kappa shape index (κ3) is 1.84. The summed E-state index contributed by atoms with van der Waals surface area (Å²) < 4.78 is 7.20. The molecule has 1 aliphatic carbocycles. The van der Waals surface area contributed by atoms with Crippen molar-refractivity contribution >= 4 is 5.91 Å². The van der Waals surface area contributed by atoms with Crippen molar-refractivity contribution in [2.75, 3.05) is 13.2 Å². The van der Waals surface area contributed by atoms with E-state index in [2.05, 4.69) is 5.10 Å². The highest BCUT2D eigenvalue weighted by Crippen LogP contribution is 2.45. The average molecular weight is 235 g/mol. The summed E-state index contributed by atoms with van der Waals surface area (Å²) >= 11 is 0. The Bertz CT molecular complexity index is 427. The lowest BCUT2D eigenvalue weighted by Crippen LogP contribution is -2.45. The summed E-state index contributed by atoms with van der Waals surface area (Å²) in [5.74, 6) is -0.407. The molecular weight excluding hydrogens is 218 g/mol. The van der Waals surface area contributed by atoms with Crippen LogP contribution in [0.4, 0.5) is 0 Å². The molecule has 0 atom stereocenters. The number of hydrogen-bond acceptors (Lipinski definition) is 3. The van der Waals surface area contributed by atoms with Gasteiger partial charge in [-0.2, -0.15) is 5.10 Å². The van der Waals surface area contributed by atoms with E-state index < -0.39 is 5.91 Å². The van der Waals surface area contributed by atoms with E-state index in [4.69, 9.17) is 10.5 Å². The average Bonchev–Trinajstić information content (AvgIpc) is 2.76. The summed E-state index contributed by atoms with van der Waals surface area (Å²) in [6.07, 6.45) is 7.95. The van der Waals surface area contributed by atoms with Gasteiger partial charge in [-0.25, -0.2) is 0 Å². The quantitative estimate of drug-likeness (QED) is 0.834. The third-order valence-corrected chi connectivity index (χ3v) is 4.09. The zero-order chi connectivity index (χ0) is 11.9. The summed E-state index contributed by atoms with van der Waals surface area (Å²) in [4.78, 5) is 11.0. The van der Waals surface area contributed by atoms with Crippen molar-refractivity contribution in [1.29, 1.82) is 0 Å². The fourth-order valence-electron chi connectivity index (χ4n) is 2.82. The van der Waals surface area contributed by atoms with Crippen LogP contribution in [0.1, 0.15) is 42.1 Å². The van der Waals surface area contributed by atoms with E-state index in [1.165, 1.54) is 12.8 Å². The van der Waals surface area contributed by atoms with E-state index in [1.54, 1.807) is 12.4 Å². The molecule has 2 aliphatic rings. The number of hydrogen-bond donors (Lipinski definition) is 1. The molecule has 5 heteroatoms. The number of ether oxygens (including phenoxy) is 1. The maximum Gasteiger partial charge on any atom is 0.251 e. The largest absolute Gasteiger partial charge is 0.380 e. The third-order valence-electron chi connectivity index (χ3n) is 4.09. The van der Waals surface area contributed by atoms with Crippen LogP contribution in [-0.2, 0) is 4.74 Å². The van der Waals surface area contributed by atoms with Gasteiger partial charge < -0.3 is 10.5 Å². The van der Waals surface area contributed by atoms with Crippen LogP contribution in [0.3, 0.4) is 0 Å². The molecule has 5 nitrogen and oxygen atoms in total. The summed E-state index contributed by atoms with van der Waals surface area (Å²) in [5, 5.41) is 4.24. The Morgan fingerprint density at radius 1 is 1.47 bits per heavy atom. The van der Waals surface area contributed by atoms with Gasteiger partial charge in [0, 0.05) is 11.6 Å². The van der Waals surface area contributed by atoms with E-state index >= 15 is 0 Å². The minimum absolute atomic E-state index is 0.407. The van der Waals surface area contributed by atoms with Gasteiger partial charge in [0.1, 0.15) is 0 Å². The SMILES string of the molecule is NC(=O)c1cnn(C2CCC3(CC2)COC3)c1. The highest BCUT2D eigenvalue weighted by molar-refractivity contribution is 5.92. The molecule has 1 amide bonds. The predicted octanol–water partition coefficient (Wildman–Crippen LogP) is 1.11. The molecule has 2 N–H and O–H groups in total. The molecule has 3 rings (SSSR count). The molecule has 0 radical (unpaired) electrons. The minimum Gasteiger partial charge on any atom is -0.380 e. The van der Waals surface area contributed by atoms with Crippen LogP contribution in [0.25, 0.3) is 0 Å². The van der Waals surface area contributed by atoms with E-state index in [0.29, 0.717) is 17.0 Å². The number of aromatic nitrogens is 2. The Labute approximate surface area is 99.9 Å². The first-order chi connectivity index (χ1) is 8.19. The van der Waals surface area contributed by atoms with E-state index in [-0.39, 0.29) is 0 Å². The van der Waals surface area contributed by atoms with E-state index in [0.717, 1.165) is 26.1 Å². The maximum atomic E-state index is 11.0. The first-order valence-electron chi connectivity index (χ1n) is 6.10. The lowest BCUT2D eigenvalue weighted by Gasteiger charge is -2.46. The molecule has 1 aromatic rings. The summed E-state index contributed by atoms with van der Waals surface area (Å²) in [5.41, 5.74) is 6.17. The summed E-state index contributed by atoms with van der Waals surface area (Å²) in [6.45, 7) is 1.84. The number of carbonyl (C=O) groups is 1. The van der Waals surface area contributed by atoms with Gasteiger partial charge in [-0.3, -0.25) is 9.48 Å². The molecule has 92 valence electrons. The summed E-state index contributed by atoms with van der Waals surface area (Å²) in [6, 6.07) is 0.411. The Hall–Kier alpha value is -1.36. The van der Waals surface area contributed by atoms with Crippen LogP contribution >= 0.6 is 0 Å². The lowest BCUT2D eigenvalue weighted by atomic mass is 9.71. The highest BCUT2D eigenvalue weighted by Gasteiger charge is 2.41. The molecule has 2 fully saturated rings. The predicted molar refractivity (Wildman–Crippen MR) is 61.5 cm³/mol. The van der Waals surface area contributed by atoms with Crippen LogP contribution in [-0.4, -0.2) is 28.9 Å². The van der Waals surface area contributed by atoms with Crippen molar-refractivity contribution in [3.8, 4) is 0 Å². The van der Waals surface area contributed by atoms with Crippen molar-refractivity contribution in [2.45, 2.75) is 31.7 Å². The van der Waals surface area contributed by atoms with Crippen LogP contribution < -0.4 is 5.73 Å². The van der Waals surface area contributed by atoms with Crippen molar-refractivity contribution in [3.63, 3.8) is 0 Å². The Kier molecular flexibility index (Phi) is 2.43. The molecule has 1 spiro atoms. The fraction of sp³-hybridized carbons (Fsp3) is 0.667. The molecule has 0 aromatic carbocycles. The number of rotatable bonds is 2. The normalized spacial score (nSPS) is 23.5. The Morgan fingerprint density at radius 2 is 2.18 bits per heavy atom. The zero-order valence-electron chi connectivity index (χ0n) is 9.76. The molecule has 0 unspecified atom stereocenters. The monoisotopic (exact) mass is 235 g/mol. The van der Waals surface area contributed by atoms with Gasteiger partial charge in [0.2, 0.25) is 0 Å². The van der Waals surface area contributed by atoms with Gasteiger partial charge in [-0.05, 0) is 25.7 Å². The van der Waals surface area contributed by atoms with Gasteiger partial charge in [-0.15, -0.1) is 0 Å². The van der Waals surface area contributed by atoms with Gasteiger partial charge >= 0.3 is 0 Å². The van der Waals surface area contributed by atoms with Gasteiger partial charge in [0.15, 0.2) is 0 Å². The molecular formula is C12H17N3O2. The first-order valence-corrected chi connectivity index (χ1v) is 6.10. The number of primary amides is 1. The van der Waals surface area contributed by atoms with Gasteiger partial charge in [0.25, 0.3) is 5.91 Å². The molecule has 1 saturated carbocycles. The Morgan fingerprint density at radius 3 is 2.65 bits per heavy atom. The van der Waals surface area contributed by atoms with E-state index in [1.807, 2.05) is 4.68 Å². The second kappa shape index (κ2) is 3.84. The maximum absolute atomic E-state index is 11.0. The summed E-state index contributed by atoms with van der Waals surface area (Å²) in [7, 11) is 0. The number of amides is 1. The Balaban J connectivity index is 1.67. The number of carbonyl (C=O) groups excluding carboxylic acids is 1. The van der Waals surface area contributed by atoms with Crippen LogP contribution in [0, 0.1) is 5.41 Å². The van der Waals surface area contributed by atoms with Crippen molar-refractivity contribution in [1.82, 2.24) is 9.78 Å². The van der Waals surface area contributed by atoms with Crippen LogP contribution in [0.5, 0.6) is 0 Å². The fourth-order valence-corrected chi connectivity index (χ4v) is 2.82. The van der Waals surface area contributed by atoms with Gasteiger partial charge in [-0.1, -0.05) is 0 Å².